The Kier molecular flexibility index (Phi) is 5.61. The molecular formula is C18H27N3O. The predicted octanol–water partition coefficient (Wildman–Crippen LogP) is 2.83. The van der Waals surface area contributed by atoms with E-state index in [2.05, 4.69) is 59.1 Å². The molecule has 0 aliphatic rings. The van der Waals surface area contributed by atoms with Crippen LogP contribution in [0.3, 0.4) is 0 Å². The highest BCUT2D eigenvalue weighted by molar-refractivity contribution is 5.85. The van der Waals surface area contributed by atoms with E-state index in [1.807, 2.05) is 14.1 Å². The lowest BCUT2D eigenvalue weighted by Gasteiger charge is -2.10. The minimum absolute atomic E-state index is 0.128. The van der Waals surface area contributed by atoms with Gasteiger partial charge in [0.05, 0.1) is 0 Å². The monoisotopic (exact) mass is 301 g/mol. The van der Waals surface area contributed by atoms with Crippen molar-refractivity contribution in [2.45, 2.75) is 32.7 Å². The van der Waals surface area contributed by atoms with Gasteiger partial charge in [-0.1, -0.05) is 18.2 Å². The highest BCUT2D eigenvalue weighted by atomic mass is 16.1. The molecule has 1 amide bonds. The molecule has 0 atom stereocenters. The Labute approximate surface area is 133 Å². The number of rotatable bonds is 7. The molecule has 0 bridgehead atoms. The topological polar surface area (TPSA) is 37.3 Å². The molecule has 1 aromatic heterocycles. The van der Waals surface area contributed by atoms with Crippen LogP contribution in [0.5, 0.6) is 0 Å². The van der Waals surface area contributed by atoms with Gasteiger partial charge in [-0.15, -0.1) is 0 Å². The zero-order valence-corrected chi connectivity index (χ0v) is 14.1. The number of hydrogen-bond acceptors (Lipinski definition) is 2. The summed E-state index contributed by atoms with van der Waals surface area (Å²) in [6, 6.07) is 8.85. The predicted molar refractivity (Wildman–Crippen MR) is 92.2 cm³/mol. The number of likely N-dealkylation sites (N-methyl/N-ethyl adjacent to an activating group) is 1. The molecule has 0 fully saturated rings. The molecule has 1 N–H and O–H groups in total. The standard InChI is InChI=1S/C18H27N3O/c1-14(2)21-13-15(16-7-5-6-8-17(16)21)9-10-18(22)19-11-12-20(3)4/h5-8,13-14H,9-12H2,1-4H3,(H,19,22). The number of benzene rings is 1. The third-order valence-electron chi connectivity index (χ3n) is 3.88. The summed E-state index contributed by atoms with van der Waals surface area (Å²) in [5.74, 6) is 0.128. The fraction of sp³-hybridized carbons (Fsp3) is 0.500. The molecule has 0 unspecified atom stereocenters. The smallest absolute Gasteiger partial charge is 0.220 e. The van der Waals surface area contributed by atoms with Crippen molar-refractivity contribution in [3.05, 3.63) is 36.0 Å². The SMILES string of the molecule is CC(C)n1cc(CCC(=O)NCCN(C)C)c2ccccc21. The van der Waals surface area contributed by atoms with E-state index in [4.69, 9.17) is 0 Å². The first-order chi connectivity index (χ1) is 10.5. The highest BCUT2D eigenvalue weighted by Crippen LogP contribution is 2.25. The molecule has 0 aliphatic carbocycles. The number of nitrogens with one attached hydrogen (secondary N) is 1. The van der Waals surface area contributed by atoms with Crippen molar-refractivity contribution in [3.8, 4) is 0 Å². The minimum Gasteiger partial charge on any atom is -0.355 e. The van der Waals surface area contributed by atoms with Crippen molar-refractivity contribution in [2.75, 3.05) is 27.2 Å². The van der Waals surface area contributed by atoms with E-state index >= 15 is 0 Å². The van der Waals surface area contributed by atoms with E-state index in [-0.39, 0.29) is 5.91 Å². The second-order valence-corrected chi connectivity index (χ2v) is 6.33. The summed E-state index contributed by atoms with van der Waals surface area (Å²) < 4.78 is 2.29. The van der Waals surface area contributed by atoms with Gasteiger partial charge >= 0.3 is 0 Å². The molecule has 0 aliphatic heterocycles. The van der Waals surface area contributed by atoms with Crippen LogP contribution in [0.1, 0.15) is 31.9 Å². The Morgan fingerprint density at radius 1 is 1.27 bits per heavy atom. The van der Waals surface area contributed by atoms with Gasteiger partial charge in [0.1, 0.15) is 0 Å². The first kappa shape index (κ1) is 16.6. The fourth-order valence-electron chi connectivity index (χ4n) is 2.66. The summed E-state index contributed by atoms with van der Waals surface area (Å²) >= 11 is 0. The van der Waals surface area contributed by atoms with E-state index in [1.165, 1.54) is 16.5 Å². The maximum absolute atomic E-state index is 11.9. The summed E-state index contributed by atoms with van der Waals surface area (Å²) in [6.45, 7) is 5.95. The molecule has 2 rings (SSSR count). The molecular weight excluding hydrogens is 274 g/mol. The lowest BCUT2D eigenvalue weighted by Crippen LogP contribution is -2.31. The number of fused-ring (bicyclic) bond motifs is 1. The first-order valence-electron chi connectivity index (χ1n) is 7.99. The van der Waals surface area contributed by atoms with Crippen LogP contribution in [0.4, 0.5) is 0 Å². The number of aromatic nitrogens is 1. The maximum Gasteiger partial charge on any atom is 0.220 e. The second kappa shape index (κ2) is 7.45. The lowest BCUT2D eigenvalue weighted by atomic mass is 10.1. The first-order valence-corrected chi connectivity index (χ1v) is 7.99. The Hall–Kier alpha value is -1.81. The average Bonchev–Trinajstić information content (AvgIpc) is 2.84. The van der Waals surface area contributed by atoms with Gasteiger partial charge < -0.3 is 14.8 Å². The molecule has 120 valence electrons. The molecule has 0 radical (unpaired) electrons. The number of para-hydroxylation sites is 1. The van der Waals surface area contributed by atoms with Crippen LogP contribution >= 0.6 is 0 Å². The van der Waals surface area contributed by atoms with Gasteiger partial charge in [0, 0.05) is 42.7 Å². The summed E-state index contributed by atoms with van der Waals surface area (Å²) in [4.78, 5) is 14.0. The van der Waals surface area contributed by atoms with Gasteiger partial charge in [-0.2, -0.15) is 0 Å². The summed E-state index contributed by atoms with van der Waals surface area (Å²) in [5.41, 5.74) is 2.51. The minimum atomic E-state index is 0.128. The van der Waals surface area contributed by atoms with Crippen molar-refractivity contribution < 1.29 is 4.79 Å². The van der Waals surface area contributed by atoms with Gasteiger partial charge in [-0.25, -0.2) is 0 Å². The lowest BCUT2D eigenvalue weighted by molar-refractivity contribution is -0.121. The van der Waals surface area contributed by atoms with Crippen LogP contribution < -0.4 is 5.32 Å². The van der Waals surface area contributed by atoms with E-state index < -0.39 is 0 Å². The van der Waals surface area contributed by atoms with Crippen molar-refractivity contribution in [1.29, 1.82) is 0 Å². The van der Waals surface area contributed by atoms with Crippen LogP contribution in [0.25, 0.3) is 10.9 Å². The van der Waals surface area contributed by atoms with Crippen LogP contribution in [0.2, 0.25) is 0 Å². The molecule has 4 nitrogen and oxygen atoms in total. The zero-order chi connectivity index (χ0) is 16.1. The van der Waals surface area contributed by atoms with Crippen molar-refractivity contribution in [1.82, 2.24) is 14.8 Å². The summed E-state index contributed by atoms with van der Waals surface area (Å²) in [7, 11) is 4.01. The number of aryl methyl sites for hydroxylation is 1. The van der Waals surface area contributed by atoms with E-state index in [0.29, 0.717) is 19.0 Å². The summed E-state index contributed by atoms with van der Waals surface area (Å²) in [5, 5.41) is 4.24. The van der Waals surface area contributed by atoms with Crippen LogP contribution in [0, 0.1) is 0 Å². The van der Waals surface area contributed by atoms with Gasteiger partial charge in [-0.3, -0.25) is 4.79 Å². The quantitative estimate of drug-likeness (QED) is 0.854. The second-order valence-electron chi connectivity index (χ2n) is 6.33. The third kappa shape index (κ3) is 4.10. The molecule has 0 saturated carbocycles. The average molecular weight is 301 g/mol. The fourth-order valence-corrected chi connectivity index (χ4v) is 2.66. The Morgan fingerprint density at radius 3 is 2.68 bits per heavy atom. The van der Waals surface area contributed by atoms with Crippen LogP contribution in [0.15, 0.2) is 30.5 Å². The van der Waals surface area contributed by atoms with Crippen molar-refractivity contribution in [3.63, 3.8) is 0 Å². The number of nitrogens with zero attached hydrogens (tertiary/aromatic N) is 2. The molecule has 0 spiro atoms. The molecule has 1 aromatic carbocycles. The van der Waals surface area contributed by atoms with E-state index in [9.17, 15) is 4.79 Å². The van der Waals surface area contributed by atoms with Crippen LogP contribution in [-0.2, 0) is 11.2 Å². The highest BCUT2D eigenvalue weighted by Gasteiger charge is 2.11. The third-order valence-corrected chi connectivity index (χ3v) is 3.88. The number of hydrogen-bond donors (Lipinski definition) is 1. The van der Waals surface area contributed by atoms with Gasteiger partial charge in [0.15, 0.2) is 0 Å². The molecule has 2 aromatic rings. The Bertz CT molecular complexity index is 628. The van der Waals surface area contributed by atoms with Crippen molar-refractivity contribution >= 4 is 16.8 Å². The maximum atomic E-state index is 11.9. The Balaban J connectivity index is 2.01. The van der Waals surface area contributed by atoms with Crippen LogP contribution in [-0.4, -0.2) is 42.6 Å². The number of carbonyl (C=O) groups is 1. The molecule has 1 heterocycles. The van der Waals surface area contributed by atoms with E-state index in [1.54, 1.807) is 0 Å². The normalized spacial score (nSPS) is 11.5. The Morgan fingerprint density at radius 2 is 2.00 bits per heavy atom. The van der Waals surface area contributed by atoms with E-state index in [0.717, 1.165) is 13.0 Å². The summed E-state index contributed by atoms with van der Waals surface area (Å²) in [6.07, 6.45) is 3.52. The van der Waals surface area contributed by atoms with Gasteiger partial charge in [-0.05, 0) is 46.0 Å². The molecule has 4 heteroatoms. The molecule has 0 saturated heterocycles. The zero-order valence-electron chi connectivity index (χ0n) is 14.1. The largest absolute Gasteiger partial charge is 0.355 e. The number of carbonyl (C=O) groups excluding carboxylic acids is 1. The van der Waals surface area contributed by atoms with Crippen molar-refractivity contribution in [2.24, 2.45) is 0 Å². The van der Waals surface area contributed by atoms with Gasteiger partial charge in [0.2, 0.25) is 5.91 Å². The van der Waals surface area contributed by atoms with Gasteiger partial charge in [0.25, 0.3) is 0 Å². The number of amides is 1. The molecule has 22 heavy (non-hydrogen) atoms.